The Morgan fingerprint density at radius 2 is 1.43 bits per heavy atom. The second-order valence-corrected chi connectivity index (χ2v) is 7.56. The Labute approximate surface area is 168 Å². The number of aromatic nitrogens is 1. The highest BCUT2D eigenvalue weighted by atomic mass is 32.1. The molecule has 0 atom stereocenters. The Morgan fingerprint density at radius 3 is 2.07 bits per heavy atom. The molecule has 0 bridgehead atoms. The Morgan fingerprint density at radius 1 is 0.821 bits per heavy atom. The molecule has 3 aromatic carbocycles. The Bertz CT molecular complexity index is 1170. The quantitative estimate of drug-likeness (QED) is 0.455. The maximum absolute atomic E-state index is 12.7. The summed E-state index contributed by atoms with van der Waals surface area (Å²) in [6.07, 6.45) is 0. The zero-order chi connectivity index (χ0) is 19.5. The first kappa shape index (κ1) is 18.1. The smallest absolute Gasteiger partial charge is 0.279 e. The van der Waals surface area contributed by atoms with Crippen molar-refractivity contribution < 1.29 is 4.79 Å². The van der Waals surface area contributed by atoms with Gasteiger partial charge in [-0.1, -0.05) is 65.7 Å². The molecule has 1 aromatic heterocycles. The van der Waals surface area contributed by atoms with E-state index in [1.165, 1.54) is 16.9 Å². The summed E-state index contributed by atoms with van der Waals surface area (Å²) in [4.78, 5) is 17.8. The lowest BCUT2D eigenvalue weighted by atomic mass is 10.1. The molecule has 3 nitrogen and oxygen atoms in total. The van der Waals surface area contributed by atoms with Gasteiger partial charge in [-0.15, -0.1) is 11.3 Å². The van der Waals surface area contributed by atoms with Crippen molar-refractivity contribution in [3.8, 4) is 16.9 Å². The van der Waals surface area contributed by atoms with Crippen LogP contribution in [0, 0.1) is 13.8 Å². The van der Waals surface area contributed by atoms with Crippen molar-refractivity contribution in [2.24, 2.45) is 4.99 Å². The largest absolute Gasteiger partial charge is 0.285 e. The standard InChI is InChI=1S/C24H20N2OS/c1-17-8-12-20(13-9-17)23(27)25-24-26(21-14-10-18(2)11-15-21)22(16-28-24)19-6-4-3-5-7-19/h3-16H,1-2H3. The van der Waals surface area contributed by atoms with Crippen LogP contribution in [0.25, 0.3) is 16.9 Å². The van der Waals surface area contributed by atoms with Gasteiger partial charge in [-0.05, 0) is 43.7 Å². The van der Waals surface area contributed by atoms with Gasteiger partial charge >= 0.3 is 0 Å². The lowest BCUT2D eigenvalue weighted by Gasteiger charge is -2.09. The van der Waals surface area contributed by atoms with E-state index in [1.54, 1.807) is 0 Å². The fraction of sp³-hybridized carbons (Fsp3) is 0.0833. The van der Waals surface area contributed by atoms with Crippen LogP contribution in [0.1, 0.15) is 21.5 Å². The predicted molar refractivity (Wildman–Crippen MR) is 115 cm³/mol. The van der Waals surface area contributed by atoms with Crippen LogP contribution in [0.5, 0.6) is 0 Å². The molecule has 138 valence electrons. The van der Waals surface area contributed by atoms with Crippen LogP contribution in [0.4, 0.5) is 0 Å². The first-order valence-electron chi connectivity index (χ1n) is 9.10. The number of aryl methyl sites for hydroxylation is 2. The molecule has 0 radical (unpaired) electrons. The van der Waals surface area contributed by atoms with Crippen molar-refractivity contribution in [1.29, 1.82) is 0 Å². The Hall–Kier alpha value is -3.24. The Kier molecular flexibility index (Phi) is 5.04. The van der Waals surface area contributed by atoms with Crippen molar-refractivity contribution in [2.45, 2.75) is 13.8 Å². The maximum atomic E-state index is 12.7. The number of carbonyl (C=O) groups is 1. The van der Waals surface area contributed by atoms with E-state index >= 15 is 0 Å². The molecule has 0 unspecified atom stereocenters. The molecule has 0 saturated heterocycles. The van der Waals surface area contributed by atoms with Gasteiger partial charge in [0, 0.05) is 16.6 Å². The van der Waals surface area contributed by atoms with Crippen molar-refractivity contribution in [2.75, 3.05) is 0 Å². The maximum Gasteiger partial charge on any atom is 0.279 e. The zero-order valence-electron chi connectivity index (χ0n) is 15.8. The molecule has 4 heteroatoms. The van der Waals surface area contributed by atoms with Gasteiger partial charge in [0.25, 0.3) is 5.91 Å². The third-order valence-electron chi connectivity index (χ3n) is 4.57. The number of carbonyl (C=O) groups excluding carboxylic acids is 1. The zero-order valence-corrected chi connectivity index (χ0v) is 16.6. The van der Waals surface area contributed by atoms with Crippen LogP contribution in [0.3, 0.4) is 0 Å². The number of hydrogen-bond acceptors (Lipinski definition) is 2. The molecule has 0 spiro atoms. The normalized spacial score (nSPS) is 11.6. The van der Waals surface area contributed by atoms with Gasteiger partial charge in [-0.2, -0.15) is 4.99 Å². The average molecular weight is 385 g/mol. The second kappa shape index (κ2) is 7.79. The number of rotatable bonds is 3. The summed E-state index contributed by atoms with van der Waals surface area (Å²) in [7, 11) is 0. The van der Waals surface area contributed by atoms with Crippen LogP contribution >= 0.6 is 11.3 Å². The van der Waals surface area contributed by atoms with Gasteiger partial charge in [0.2, 0.25) is 0 Å². The molecule has 0 aliphatic rings. The van der Waals surface area contributed by atoms with Crippen LogP contribution in [0.15, 0.2) is 89.2 Å². The van der Waals surface area contributed by atoms with Crippen LogP contribution in [0.2, 0.25) is 0 Å². The van der Waals surface area contributed by atoms with Crippen LogP contribution in [-0.2, 0) is 0 Å². The molecule has 0 fully saturated rings. The summed E-state index contributed by atoms with van der Waals surface area (Å²) < 4.78 is 2.05. The fourth-order valence-electron chi connectivity index (χ4n) is 2.99. The molecule has 0 aliphatic carbocycles. The van der Waals surface area contributed by atoms with Crippen LogP contribution < -0.4 is 4.80 Å². The molecule has 0 aliphatic heterocycles. The highest BCUT2D eigenvalue weighted by molar-refractivity contribution is 7.07. The average Bonchev–Trinajstić information content (AvgIpc) is 3.13. The summed E-state index contributed by atoms with van der Waals surface area (Å²) in [5.74, 6) is -0.234. The van der Waals surface area contributed by atoms with E-state index in [4.69, 9.17) is 0 Å². The molecule has 0 saturated carbocycles. The first-order chi connectivity index (χ1) is 13.6. The van der Waals surface area contributed by atoms with Gasteiger partial charge in [0.05, 0.1) is 5.69 Å². The third-order valence-corrected chi connectivity index (χ3v) is 5.39. The second-order valence-electron chi connectivity index (χ2n) is 6.72. The number of benzene rings is 3. The van der Waals surface area contributed by atoms with Crippen LogP contribution in [-0.4, -0.2) is 10.5 Å². The highest BCUT2D eigenvalue weighted by Crippen LogP contribution is 2.23. The summed E-state index contributed by atoms with van der Waals surface area (Å²) in [6.45, 7) is 4.06. The van der Waals surface area contributed by atoms with Crippen molar-refractivity contribution >= 4 is 17.2 Å². The van der Waals surface area contributed by atoms with Crippen molar-refractivity contribution in [1.82, 2.24) is 4.57 Å². The third kappa shape index (κ3) is 3.73. The molecular formula is C24H20N2OS. The SMILES string of the molecule is Cc1ccc(C(=O)N=c2scc(-c3ccccc3)n2-c2ccc(C)cc2)cc1. The molecule has 28 heavy (non-hydrogen) atoms. The van der Waals surface area contributed by atoms with Crippen molar-refractivity contribution in [3.05, 3.63) is 106 Å². The number of nitrogens with zero attached hydrogens (tertiary/aromatic N) is 2. The molecule has 1 amide bonds. The van der Waals surface area contributed by atoms with E-state index in [-0.39, 0.29) is 5.91 Å². The minimum atomic E-state index is -0.234. The lowest BCUT2D eigenvalue weighted by Crippen LogP contribution is -2.16. The first-order valence-corrected chi connectivity index (χ1v) is 9.98. The van der Waals surface area contributed by atoms with Gasteiger partial charge in [0.1, 0.15) is 0 Å². The van der Waals surface area contributed by atoms with E-state index < -0.39 is 0 Å². The molecular weight excluding hydrogens is 364 g/mol. The van der Waals surface area contributed by atoms with E-state index in [0.717, 1.165) is 22.5 Å². The number of hydrogen-bond donors (Lipinski definition) is 0. The Balaban J connectivity index is 1.88. The summed E-state index contributed by atoms with van der Waals surface area (Å²) in [6, 6.07) is 25.9. The fourth-order valence-corrected chi connectivity index (χ4v) is 3.89. The van der Waals surface area contributed by atoms with E-state index in [1.807, 2.05) is 54.0 Å². The summed E-state index contributed by atoms with van der Waals surface area (Å²) in [5, 5.41) is 2.05. The van der Waals surface area contributed by atoms with E-state index in [2.05, 4.69) is 53.7 Å². The minimum Gasteiger partial charge on any atom is -0.285 e. The van der Waals surface area contributed by atoms with Gasteiger partial charge in [0.15, 0.2) is 4.80 Å². The van der Waals surface area contributed by atoms with Gasteiger partial charge in [-0.25, -0.2) is 0 Å². The lowest BCUT2D eigenvalue weighted by molar-refractivity contribution is 0.0998. The monoisotopic (exact) mass is 384 g/mol. The number of amides is 1. The highest BCUT2D eigenvalue weighted by Gasteiger charge is 2.12. The van der Waals surface area contributed by atoms with Crippen molar-refractivity contribution in [3.63, 3.8) is 0 Å². The number of thiazole rings is 1. The topological polar surface area (TPSA) is 34.4 Å². The van der Waals surface area contributed by atoms with Gasteiger partial charge in [-0.3, -0.25) is 9.36 Å². The summed E-state index contributed by atoms with van der Waals surface area (Å²) >= 11 is 1.47. The summed E-state index contributed by atoms with van der Waals surface area (Å²) in [5.41, 5.74) is 5.99. The predicted octanol–water partition coefficient (Wildman–Crippen LogP) is 5.56. The van der Waals surface area contributed by atoms with Gasteiger partial charge < -0.3 is 0 Å². The molecule has 4 rings (SSSR count). The van der Waals surface area contributed by atoms with E-state index in [0.29, 0.717) is 10.4 Å². The molecule has 1 heterocycles. The minimum absolute atomic E-state index is 0.234. The molecule has 4 aromatic rings. The molecule has 0 N–H and O–H groups in total. The van der Waals surface area contributed by atoms with E-state index in [9.17, 15) is 4.79 Å².